The highest BCUT2D eigenvalue weighted by molar-refractivity contribution is 5.99. The van der Waals surface area contributed by atoms with Crippen LogP contribution in [0.2, 0.25) is 0 Å². The van der Waals surface area contributed by atoms with E-state index in [2.05, 4.69) is 5.32 Å². The Bertz CT molecular complexity index is 486. The molecule has 1 aromatic rings. The topological polar surface area (TPSA) is 107 Å². The molecule has 0 unspecified atom stereocenters. The van der Waals surface area contributed by atoms with Crippen molar-refractivity contribution in [2.24, 2.45) is 5.92 Å². The largest absolute Gasteiger partial charge is 0.508 e. The molecule has 0 heterocycles. The van der Waals surface area contributed by atoms with Crippen molar-refractivity contribution < 1.29 is 24.9 Å². The van der Waals surface area contributed by atoms with Crippen molar-refractivity contribution >= 4 is 11.9 Å². The van der Waals surface area contributed by atoms with Crippen molar-refractivity contribution in [2.45, 2.75) is 26.3 Å². The van der Waals surface area contributed by atoms with E-state index in [0.29, 0.717) is 6.42 Å². The maximum Gasteiger partial charge on any atom is 0.326 e. The van der Waals surface area contributed by atoms with E-state index in [-0.39, 0.29) is 23.0 Å². The summed E-state index contributed by atoms with van der Waals surface area (Å²) in [5, 5.41) is 30.2. The smallest absolute Gasteiger partial charge is 0.326 e. The highest BCUT2D eigenvalue weighted by atomic mass is 16.4. The van der Waals surface area contributed by atoms with E-state index >= 15 is 0 Å². The highest BCUT2D eigenvalue weighted by Crippen LogP contribution is 2.22. The van der Waals surface area contributed by atoms with E-state index in [9.17, 15) is 19.8 Å². The van der Waals surface area contributed by atoms with Crippen molar-refractivity contribution in [3.8, 4) is 11.5 Å². The number of carboxylic acids is 1. The van der Waals surface area contributed by atoms with Crippen molar-refractivity contribution in [3.05, 3.63) is 23.8 Å². The number of carbonyl (C=O) groups excluding carboxylic acids is 1. The molecule has 0 aliphatic rings. The van der Waals surface area contributed by atoms with Gasteiger partial charge in [-0.05, 0) is 24.1 Å². The molecule has 6 heteroatoms. The Morgan fingerprint density at radius 1 is 1.32 bits per heavy atom. The minimum absolute atomic E-state index is 0.158. The van der Waals surface area contributed by atoms with Gasteiger partial charge in [0.25, 0.3) is 5.91 Å². The number of rotatable bonds is 5. The van der Waals surface area contributed by atoms with E-state index in [1.54, 1.807) is 6.92 Å². The molecule has 0 aliphatic carbocycles. The molecule has 0 fully saturated rings. The van der Waals surface area contributed by atoms with Gasteiger partial charge in [-0.15, -0.1) is 0 Å². The van der Waals surface area contributed by atoms with Gasteiger partial charge >= 0.3 is 5.97 Å². The Kier molecular flexibility index (Phi) is 4.74. The number of carbonyl (C=O) groups is 2. The third kappa shape index (κ3) is 3.61. The average Bonchev–Trinajstić information content (AvgIpc) is 2.37. The first-order valence-electron chi connectivity index (χ1n) is 5.92. The Hall–Kier alpha value is -2.24. The van der Waals surface area contributed by atoms with E-state index < -0.39 is 17.9 Å². The predicted octanol–water partition coefficient (Wildman–Crippen LogP) is 1.33. The van der Waals surface area contributed by atoms with Crippen LogP contribution < -0.4 is 5.32 Å². The number of phenolic OH excluding ortho intramolecular Hbond substituents is 2. The average molecular weight is 267 g/mol. The van der Waals surface area contributed by atoms with Gasteiger partial charge < -0.3 is 20.6 Å². The van der Waals surface area contributed by atoms with Crippen LogP contribution in [0.4, 0.5) is 0 Å². The van der Waals surface area contributed by atoms with Crippen molar-refractivity contribution in [1.82, 2.24) is 5.32 Å². The monoisotopic (exact) mass is 267 g/mol. The van der Waals surface area contributed by atoms with Crippen LogP contribution in [0, 0.1) is 5.92 Å². The second-order valence-electron chi connectivity index (χ2n) is 4.38. The van der Waals surface area contributed by atoms with Crippen LogP contribution in [0.1, 0.15) is 30.6 Å². The number of carboxylic acid groups (broad SMARTS) is 1. The number of phenols is 2. The number of aliphatic carboxylic acids is 1. The maximum absolute atomic E-state index is 11.9. The third-order valence-electron chi connectivity index (χ3n) is 2.99. The van der Waals surface area contributed by atoms with E-state index in [1.807, 2.05) is 6.92 Å². The standard InChI is InChI=1S/C13H17NO5/c1-3-7(2)11(13(18)19)14-12(17)9-6-8(15)4-5-10(9)16/h4-7,11,15-16H,3H2,1-2H3,(H,14,17)(H,18,19)/t7-,11-/m0/s1. The van der Waals surface area contributed by atoms with Gasteiger partial charge in [0, 0.05) is 0 Å². The second-order valence-corrected chi connectivity index (χ2v) is 4.38. The molecule has 1 rings (SSSR count). The summed E-state index contributed by atoms with van der Waals surface area (Å²) in [5.41, 5.74) is -0.158. The van der Waals surface area contributed by atoms with Gasteiger partial charge in [-0.3, -0.25) is 4.79 Å². The number of amides is 1. The zero-order valence-corrected chi connectivity index (χ0v) is 10.8. The summed E-state index contributed by atoms with van der Waals surface area (Å²) < 4.78 is 0. The molecule has 104 valence electrons. The lowest BCUT2D eigenvalue weighted by atomic mass is 9.99. The minimum atomic E-state index is -1.14. The van der Waals surface area contributed by atoms with Gasteiger partial charge in [0.1, 0.15) is 17.5 Å². The van der Waals surface area contributed by atoms with Gasteiger partial charge in [0.2, 0.25) is 0 Å². The van der Waals surface area contributed by atoms with Crippen molar-refractivity contribution in [1.29, 1.82) is 0 Å². The summed E-state index contributed by atoms with van der Waals surface area (Å²) in [4.78, 5) is 23.0. The fraction of sp³-hybridized carbons (Fsp3) is 0.385. The molecule has 0 saturated carbocycles. The normalized spacial score (nSPS) is 13.6. The third-order valence-corrected chi connectivity index (χ3v) is 2.99. The zero-order valence-electron chi connectivity index (χ0n) is 10.8. The molecule has 2 atom stereocenters. The molecule has 0 spiro atoms. The van der Waals surface area contributed by atoms with Crippen molar-refractivity contribution in [2.75, 3.05) is 0 Å². The van der Waals surface area contributed by atoms with Crippen LogP contribution >= 0.6 is 0 Å². The summed E-state index contributed by atoms with van der Waals surface area (Å²) in [6, 6.07) is 2.44. The van der Waals surface area contributed by atoms with E-state index in [1.165, 1.54) is 12.1 Å². The minimum Gasteiger partial charge on any atom is -0.508 e. The fourth-order valence-electron chi connectivity index (χ4n) is 1.61. The molecule has 4 N–H and O–H groups in total. The van der Waals surface area contributed by atoms with Crippen LogP contribution in [-0.4, -0.2) is 33.2 Å². The summed E-state index contributed by atoms with van der Waals surface area (Å²) in [5.74, 6) is -2.62. The molecule has 6 nitrogen and oxygen atoms in total. The lowest BCUT2D eigenvalue weighted by molar-refractivity contribution is -0.140. The number of aromatic hydroxyl groups is 2. The maximum atomic E-state index is 11.9. The molecule has 0 saturated heterocycles. The van der Waals surface area contributed by atoms with Crippen LogP contribution in [0.15, 0.2) is 18.2 Å². The molecule has 0 aromatic heterocycles. The molecular formula is C13H17NO5. The Morgan fingerprint density at radius 3 is 2.47 bits per heavy atom. The van der Waals surface area contributed by atoms with Gasteiger partial charge in [-0.1, -0.05) is 20.3 Å². The summed E-state index contributed by atoms with van der Waals surface area (Å²) >= 11 is 0. The SMILES string of the molecule is CC[C@H](C)[C@H](NC(=O)c1cc(O)ccc1O)C(=O)O. The van der Waals surface area contributed by atoms with Crippen LogP contribution in [0.5, 0.6) is 11.5 Å². The van der Waals surface area contributed by atoms with Gasteiger partial charge in [0.05, 0.1) is 5.56 Å². The first-order valence-corrected chi connectivity index (χ1v) is 5.92. The van der Waals surface area contributed by atoms with Gasteiger partial charge in [0.15, 0.2) is 0 Å². The van der Waals surface area contributed by atoms with Crippen molar-refractivity contribution in [3.63, 3.8) is 0 Å². The summed E-state index contributed by atoms with van der Waals surface area (Å²) in [6.45, 7) is 3.53. The lowest BCUT2D eigenvalue weighted by Gasteiger charge is -2.20. The zero-order chi connectivity index (χ0) is 14.6. The predicted molar refractivity (Wildman–Crippen MR) is 68.1 cm³/mol. The van der Waals surface area contributed by atoms with Gasteiger partial charge in [-0.25, -0.2) is 4.79 Å². The summed E-state index contributed by atoms with van der Waals surface area (Å²) in [6.07, 6.45) is 0.587. The first kappa shape index (κ1) is 14.8. The molecule has 19 heavy (non-hydrogen) atoms. The fourth-order valence-corrected chi connectivity index (χ4v) is 1.61. The molecule has 0 aliphatic heterocycles. The van der Waals surface area contributed by atoms with Crippen LogP contribution in [0.25, 0.3) is 0 Å². The second kappa shape index (κ2) is 6.08. The Balaban J connectivity index is 2.94. The molecular weight excluding hydrogens is 250 g/mol. The van der Waals surface area contributed by atoms with Gasteiger partial charge in [-0.2, -0.15) is 0 Å². The van der Waals surface area contributed by atoms with Crippen LogP contribution in [-0.2, 0) is 4.79 Å². The summed E-state index contributed by atoms with van der Waals surface area (Å²) in [7, 11) is 0. The first-order chi connectivity index (χ1) is 8.86. The molecule has 0 bridgehead atoms. The molecule has 1 amide bonds. The highest BCUT2D eigenvalue weighted by Gasteiger charge is 2.26. The molecule has 1 aromatic carbocycles. The number of hydrogen-bond acceptors (Lipinski definition) is 4. The number of benzene rings is 1. The van der Waals surface area contributed by atoms with E-state index in [0.717, 1.165) is 6.07 Å². The lowest BCUT2D eigenvalue weighted by Crippen LogP contribution is -2.45. The quantitative estimate of drug-likeness (QED) is 0.602. The van der Waals surface area contributed by atoms with E-state index in [4.69, 9.17) is 5.11 Å². The van der Waals surface area contributed by atoms with Crippen LogP contribution in [0.3, 0.4) is 0 Å². The number of hydrogen-bond donors (Lipinski definition) is 4. The Labute approximate surface area is 110 Å². The Morgan fingerprint density at radius 2 is 1.95 bits per heavy atom. The number of nitrogens with one attached hydrogen (secondary N) is 1. The molecule has 0 radical (unpaired) electrons.